The van der Waals surface area contributed by atoms with Gasteiger partial charge in [0.15, 0.2) is 5.16 Å². The number of hydrogen-bond acceptors (Lipinski definition) is 6. The van der Waals surface area contributed by atoms with Crippen molar-refractivity contribution in [1.29, 1.82) is 5.26 Å². The van der Waals surface area contributed by atoms with Gasteiger partial charge in [-0.15, -0.1) is 21.5 Å². The molecule has 0 saturated heterocycles. The summed E-state index contributed by atoms with van der Waals surface area (Å²) in [6.07, 6.45) is 5.42. The molecule has 1 amide bonds. The zero-order valence-electron chi connectivity index (χ0n) is 13.3. The van der Waals surface area contributed by atoms with Crippen LogP contribution in [0.4, 0.5) is 5.00 Å². The number of fused-ring (bicyclic) bond motifs is 1. The summed E-state index contributed by atoms with van der Waals surface area (Å²) in [6, 6.07) is 2.25. The maximum Gasteiger partial charge on any atom is 0.235 e. The maximum absolute atomic E-state index is 12.3. The van der Waals surface area contributed by atoms with Gasteiger partial charge in [0.2, 0.25) is 5.91 Å². The number of rotatable bonds is 5. The Balaban J connectivity index is 1.40. The highest BCUT2D eigenvalue weighted by Crippen LogP contribution is 2.40. The first-order chi connectivity index (χ1) is 11.7. The molecule has 1 fully saturated rings. The molecule has 24 heavy (non-hydrogen) atoms. The van der Waals surface area contributed by atoms with Crippen LogP contribution in [0.1, 0.15) is 47.0 Å². The van der Waals surface area contributed by atoms with E-state index in [1.54, 1.807) is 11.3 Å². The van der Waals surface area contributed by atoms with Crippen molar-refractivity contribution in [2.75, 3.05) is 11.1 Å². The molecule has 0 radical (unpaired) electrons. The number of nitriles is 1. The van der Waals surface area contributed by atoms with Gasteiger partial charge in [-0.1, -0.05) is 11.8 Å². The smallest absolute Gasteiger partial charge is 0.235 e. The van der Waals surface area contributed by atoms with Gasteiger partial charge in [0.05, 0.1) is 11.3 Å². The minimum Gasteiger partial charge on any atom is -0.316 e. The van der Waals surface area contributed by atoms with Gasteiger partial charge >= 0.3 is 0 Å². The van der Waals surface area contributed by atoms with Crippen molar-refractivity contribution in [2.24, 2.45) is 7.05 Å². The van der Waals surface area contributed by atoms with E-state index in [1.807, 2.05) is 11.6 Å². The minimum absolute atomic E-state index is 0.104. The van der Waals surface area contributed by atoms with Crippen LogP contribution in [-0.2, 0) is 24.7 Å². The zero-order chi connectivity index (χ0) is 16.7. The SMILES string of the molecule is Cn1c(SCC(=O)Nc2sc3c(c2C#N)CCC3)nnc1C1CC1. The van der Waals surface area contributed by atoms with Crippen molar-refractivity contribution in [3.8, 4) is 6.07 Å². The van der Waals surface area contributed by atoms with Crippen LogP contribution in [0.5, 0.6) is 0 Å². The molecule has 0 atom stereocenters. The molecule has 2 aliphatic rings. The lowest BCUT2D eigenvalue weighted by Crippen LogP contribution is -2.14. The van der Waals surface area contributed by atoms with Gasteiger partial charge in [-0.05, 0) is 37.7 Å². The molecule has 4 rings (SSSR count). The second kappa shape index (κ2) is 6.22. The Hall–Kier alpha value is -1.85. The van der Waals surface area contributed by atoms with Gasteiger partial charge in [0.25, 0.3) is 0 Å². The lowest BCUT2D eigenvalue weighted by Gasteiger charge is -2.04. The number of nitrogens with one attached hydrogen (secondary N) is 1. The van der Waals surface area contributed by atoms with Crippen LogP contribution in [0.3, 0.4) is 0 Å². The third-order valence-corrected chi connectivity index (χ3v) is 6.66. The number of carbonyl (C=O) groups excluding carboxylic acids is 1. The molecule has 0 spiro atoms. The molecule has 6 nitrogen and oxygen atoms in total. The molecular weight excluding hydrogens is 342 g/mol. The van der Waals surface area contributed by atoms with Crippen molar-refractivity contribution >= 4 is 34.0 Å². The Kier molecular flexibility index (Phi) is 4.06. The molecular formula is C16H17N5OS2. The first kappa shape index (κ1) is 15.7. The predicted octanol–water partition coefficient (Wildman–Crippen LogP) is 2.85. The van der Waals surface area contributed by atoms with Crippen molar-refractivity contribution in [3.05, 3.63) is 21.8 Å². The quantitative estimate of drug-likeness (QED) is 0.830. The topological polar surface area (TPSA) is 83.6 Å². The van der Waals surface area contributed by atoms with Crippen LogP contribution in [0, 0.1) is 11.3 Å². The van der Waals surface area contributed by atoms with E-state index in [2.05, 4.69) is 21.6 Å². The average Bonchev–Trinajstić information content (AvgIpc) is 3.05. The highest BCUT2D eigenvalue weighted by molar-refractivity contribution is 7.99. The molecule has 2 aliphatic carbocycles. The Morgan fingerprint density at radius 1 is 1.46 bits per heavy atom. The van der Waals surface area contributed by atoms with Gasteiger partial charge in [0, 0.05) is 17.8 Å². The second-order valence-corrected chi connectivity index (χ2v) is 8.23. The Morgan fingerprint density at radius 2 is 2.29 bits per heavy atom. The highest BCUT2D eigenvalue weighted by Gasteiger charge is 2.29. The van der Waals surface area contributed by atoms with Crippen LogP contribution in [0.25, 0.3) is 0 Å². The molecule has 0 bridgehead atoms. The van der Waals surface area contributed by atoms with Gasteiger partial charge in [-0.2, -0.15) is 5.26 Å². The fourth-order valence-electron chi connectivity index (χ4n) is 3.05. The lowest BCUT2D eigenvalue weighted by atomic mass is 10.1. The highest BCUT2D eigenvalue weighted by atomic mass is 32.2. The summed E-state index contributed by atoms with van der Waals surface area (Å²) in [4.78, 5) is 13.5. The number of amides is 1. The van der Waals surface area contributed by atoms with Crippen LogP contribution in [0.15, 0.2) is 5.16 Å². The molecule has 8 heteroatoms. The van der Waals surface area contributed by atoms with Gasteiger partial charge in [-0.25, -0.2) is 0 Å². The molecule has 2 aromatic heterocycles. The number of hydrogen-bond donors (Lipinski definition) is 1. The van der Waals surface area contributed by atoms with Gasteiger partial charge in [0.1, 0.15) is 16.9 Å². The van der Waals surface area contributed by atoms with Crippen molar-refractivity contribution < 1.29 is 4.79 Å². The monoisotopic (exact) mass is 359 g/mol. The van der Waals surface area contributed by atoms with E-state index in [0.717, 1.165) is 35.8 Å². The van der Waals surface area contributed by atoms with E-state index < -0.39 is 0 Å². The lowest BCUT2D eigenvalue weighted by molar-refractivity contribution is -0.113. The average molecular weight is 359 g/mol. The van der Waals surface area contributed by atoms with Crippen LogP contribution in [-0.4, -0.2) is 26.4 Å². The molecule has 2 aromatic rings. The molecule has 1 N–H and O–H groups in total. The number of carbonyl (C=O) groups is 1. The Labute approximate surface area is 148 Å². The first-order valence-corrected chi connectivity index (χ1v) is 9.84. The molecule has 1 saturated carbocycles. The molecule has 2 heterocycles. The Morgan fingerprint density at radius 3 is 3.04 bits per heavy atom. The molecule has 124 valence electrons. The van der Waals surface area contributed by atoms with E-state index in [4.69, 9.17) is 0 Å². The summed E-state index contributed by atoms with van der Waals surface area (Å²) in [6.45, 7) is 0. The van der Waals surface area contributed by atoms with Crippen molar-refractivity contribution in [3.63, 3.8) is 0 Å². The van der Waals surface area contributed by atoms with Gasteiger partial charge in [-0.3, -0.25) is 4.79 Å². The summed E-state index contributed by atoms with van der Waals surface area (Å²) in [5, 5.41) is 22.1. The maximum atomic E-state index is 12.3. The van der Waals surface area contributed by atoms with E-state index >= 15 is 0 Å². The summed E-state index contributed by atoms with van der Waals surface area (Å²) >= 11 is 2.93. The van der Waals surface area contributed by atoms with Crippen LogP contribution < -0.4 is 5.32 Å². The van der Waals surface area contributed by atoms with Crippen LogP contribution in [0.2, 0.25) is 0 Å². The van der Waals surface area contributed by atoms with E-state index in [9.17, 15) is 10.1 Å². The minimum atomic E-state index is -0.104. The summed E-state index contributed by atoms with van der Waals surface area (Å²) in [5.41, 5.74) is 1.79. The van der Waals surface area contributed by atoms with E-state index in [1.165, 1.54) is 29.5 Å². The third-order valence-electron chi connectivity index (χ3n) is 4.43. The fraction of sp³-hybridized carbons (Fsp3) is 0.500. The summed E-state index contributed by atoms with van der Waals surface area (Å²) in [5.74, 6) is 1.72. The number of nitrogens with zero attached hydrogens (tertiary/aromatic N) is 4. The first-order valence-electron chi connectivity index (χ1n) is 8.04. The Bertz CT molecular complexity index is 844. The molecule has 0 aromatic carbocycles. The normalized spacial score (nSPS) is 16.0. The van der Waals surface area contributed by atoms with E-state index in [0.29, 0.717) is 16.5 Å². The zero-order valence-corrected chi connectivity index (χ0v) is 15.0. The second-order valence-electron chi connectivity index (χ2n) is 6.18. The third kappa shape index (κ3) is 2.82. The molecule has 0 aliphatic heterocycles. The van der Waals surface area contributed by atoms with E-state index in [-0.39, 0.29) is 11.7 Å². The number of thiophene rings is 1. The van der Waals surface area contributed by atoms with Crippen molar-refractivity contribution in [2.45, 2.75) is 43.2 Å². The fourth-order valence-corrected chi connectivity index (χ4v) is 5.03. The number of aromatic nitrogens is 3. The van der Waals surface area contributed by atoms with Gasteiger partial charge < -0.3 is 9.88 Å². The standard InChI is InChI=1S/C16H17N5OS2/c1-21-14(9-5-6-9)19-20-16(21)23-8-13(22)18-15-11(7-17)10-3-2-4-12(10)24-15/h9H,2-6,8H2,1H3,(H,18,22). The van der Waals surface area contributed by atoms with Crippen LogP contribution >= 0.6 is 23.1 Å². The number of aryl methyl sites for hydroxylation is 1. The summed E-state index contributed by atoms with van der Waals surface area (Å²) < 4.78 is 1.98. The van der Waals surface area contributed by atoms with Crippen molar-refractivity contribution in [1.82, 2.24) is 14.8 Å². The largest absolute Gasteiger partial charge is 0.316 e. The molecule has 0 unspecified atom stereocenters. The predicted molar refractivity (Wildman–Crippen MR) is 93.4 cm³/mol. The number of anilines is 1. The number of thioether (sulfide) groups is 1. The summed E-state index contributed by atoms with van der Waals surface area (Å²) in [7, 11) is 1.95.